The highest BCUT2D eigenvalue weighted by Crippen LogP contribution is 2.14. The Morgan fingerprint density at radius 3 is 2.73 bits per heavy atom. The maximum Gasteiger partial charge on any atom is 0.422 e. The van der Waals surface area contributed by atoms with Gasteiger partial charge in [-0.3, -0.25) is 0 Å². The fourth-order valence-corrected chi connectivity index (χ4v) is 1.41. The molecule has 1 heterocycles. The van der Waals surface area contributed by atoms with Crippen molar-refractivity contribution in [2.24, 2.45) is 0 Å². The molecular formula is C8H13F3N2O2. The minimum absolute atomic E-state index is 0.115. The third-order valence-electron chi connectivity index (χ3n) is 2.08. The van der Waals surface area contributed by atoms with E-state index in [9.17, 15) is 18.0 Å². The minimum atomic E-state index is -4.47. The largest absolute Gasteiger partial charge is 0.440 e. The summed E-state index contributed by atoms with van der Waals surface area (Å²) in [5, 5.41) is 2.38. The first-order valence-corrected chi connectivity index (χ1v) is 4.55. The number of nitrogens with zero attached hydrogens (tertiary/aromatic N) is 1. The molecule has 1 aliphatic heterocycles. The van der Waals surface area contributed by atoms with E-state index in [2.05, 4.69) is 10.1 Å². The number of hydrogen-bond donors (Lipinski definition) is 1. The van der Waals surface area contributed by atoms with E-state index in [0.717, 1.165) is 13.0 Å². The van der Waals surface area contributed by atoms with Crippen molar-refractivity contribution < 1.29 is 22.7 Å². The van der Waals surface area contributed by atoms with Gasteiger partial charge in [-0.2, -0.15) is 13.2 Å². The van der Waals surface area contributed by atoms with E-state index in [-0.39, 0.29) is 6.04 Å². The summed E-state index contributed by atoms with van der Waals surface area (Å²) in [6.45, 7) is -0.0767. The Balaban J connectivity index is 2.19. The van der Waals surface area contributed by atoms with Gasteiger partial charge in [-0.05, 0) is 20.0 Å². The molecule has 0 aromatic heterocycles. The zero-order valence-electron chi connectivity index (χ0n) is 8.30. The molecule has 0 radical (unpaired) electrons. The van der Waals surface area contributed by atoms with Gasteiger partial charge < -0.3 is 15.0 Å². The number of halogens is 3. The molecule has 1 amide bonds. The molecule has 0 aromatic rings. The van der Waals surface area contributed by atoms with Crippen molar-refractivity contribution >= 4 is 6.09 Å². The summed E-state index contributed by atoms with van der Waals surface area (Å²) in [4.78, 5) is 12.9. The van der Waals surface area contributed by atoms with Crippen molar-refractivity contribution in [1.82, 2.24) is 10.2 Å². The van der Waals surface area contributed by atoms with Crippen molar-refractivity contribution in [3.8, 4) is 0 Å². The number of ether oxygens (including phenoxy) is 1. The van der Waals surface area contributed by atoms with Crippen LogP contribution in [0.2, 0.25) is 0 Å². The van der Waals surface area contributed by atoms with E-state index >= 15 is 0 Å². The van der Waals surface area contributed by atoms with Gasteiger partial charge in [0.25, 0.3) is 0 Å². The van der Waals surface area contributed by atoms with E-state index in [4.69, 9.17) is 0 Å². The molecule has 1 rings (SSSR count). The zero-order valence-corrected chi connectivity index (χ0v) is 8.30. The molecule has 0 aliphatic carbocycles. The SMILES string of the molecule is CN1CCC(NC(=O)OCC(F)(F)F)C1. The molecule has 15 heavy (non-hydrogen) atoms. The quantitative estimate of drug-likeness (QED) is 0.763. The number of likely N-dealkylation sites (tertiary alicyclic amines) is 1. The summed E-state index contributed by atoms with van der Waals surface area (Å²) in [6.07, 6.45) is -4.74. The van der Waals surface area contributed by atoms with Crippen LogP contribution in [0.1, 0.15) is 6.42 Å². The topological polar surface area (TPSA) is 41.6 Å². The molecule has 7 heteroatoms. The van der Waals surface area contributed by atoms with Crippen LogP contribution in [0, 0.1) is 0 Å². The van der Waals surface area contributed by atoms with E-state index in [1.54, 1.807) is 0 Å². The Labute approximate surface area is 85.4 Å². The first-order valence-electron chi connectivity index (χ1n) is 4.55. The van der Waals surface area contributed by atoms with E-state index in [1.165, 1.54) is 0 Å². The van der Waals surface area contributed by atoms with Crippen LogP contribution < -0.4 is 5.32 Å². The molecule has 0 aromatic carbocycles. The first-order chi connectivity index (χ1) is 6.87. The molecule has 1 unspecified atom stereocenters. The summed E-state index contributed by atoms with van der Waals surface area (Å²) in [5.74, 6) is 0. The number of carbonyl (C=O) groups excluding carboxylic acids is 1. The number of likely N-dealkylation sites (N-methyl/N-ethyl adjacent to an activating group) is 1. The Bertz CT molecular complexity index is 232. The van der Waals surface area contributed by atoms with Gasteiger partial charge in [0, 0.05) is 12.6 Å². The van der Waals surface area contributed by atoms with Gasteiger partial charge in [-0.25, -0.2) is 4.79 Å². The molecule has 1 N–H and O–H groups in total. The normalized spacial score (nSPS) is 22.8. The first kappa shape index (κ1) is 12.1. The lowest BCUT2D eigenvalue weighted by Gasteiger charge is -2.13. The predicted molar refractivity (Wildman–Crippen MR) is 46.4 cm³/mol. The fourth-order valence-electron chi connectivity index (χ4n) is 1.41. The van der Waals surface area contributed by atoms with Gasteiger partial charge in [-0.15, -0.1) is 0 Å². The highest BCUT2D eigenvalue weighted by atomic mass is 19.4. The lowest BCUT2D eigenvalue weighted by molar-refractivity contribution is -0.160. The fraction of sp³-hybridized carbons (Fsp3) is 0.875. The second-order valence-corrected chi connectivity index (χ2v) is 3.58. The molecule has 1 atom stereocenters. The third-order valence-corrected chi connectivity index (χ3v) is 2.08. The molecular weight excluding hydrogens is 213 g/mol. The molecule has 0 bridgehead atoms. The van der Waals surface area contributed by atoms with Crippen molar-refractivity contribution in [1.29, 1.82) is 0 Å². The average Bonchev–Trinajstić information content (AvgIpc) is 2.47. The van der Waals surface area contributed by atoms with Crippen LogP contribution in [-0.2, 0) is 4.74 Å². The number of alkyl halides is 3. The maximum atomic E-state index is 11.7. The molecule has 1 aliphatic rings. The summed E-state index contributed by atoms with van der Waals surface area (Å²) < 4.78 is 39.0. The molecule has 0 saturated carbocycles. The van der Waals surface area contributed by atoms with E-state index in [1.807, 2.05) is 11.9 Å². The summed E-state index contributed by atoms with van der Waals surface area (Å²) in [7, 11) is 1.88. The number of hydrogen-bond acceptors (Lipinski definition) is 3. The minimum Gasteiger partial charge on any atom is -0.440 e. The number of alkyl carbamates (subject to hydrolysis) is 1. The average molecular weight is 226 g/mol. The molecule has 0 spiro atoms. The van der Waals surface area contributed by atoms with E-state index < -0.39 is 18.9 Å². The van der Waals surface area contributed by atoms with Gasteiger partial charge in [0.15, 0.2) is 6.61 Å². The van der Waals surface area contributed by atoms with Crippen LogP contribution in [0.3, 0.4) is 0 Å². The maximum absolute atomic E-state index is 11.7. The van der Waals surface area contributed by atoms with E-state index in [0.29, 0.717) is 6.54 Å². The van der Waals surface area contributed by atoms with Crippen LogP contribution in [0.5, 0.6) is 0 Å². The Kier molecular flexibility index (Phi) is 3.78. The van der Waals surface area contributed by atoms with Gasteiger partial charge in [0.2, 0.25) is 0 Å². The highest BCUT2D eigenvalue weighted by Gasteiger charge is 2.30. The molecule has 4 nitrogen and oxygen atoms in total. The smallest absolute Gasteiger partial charge is 0.422 e. The van der Waals surface area contributed by atoms with Gasteiger partial charge in [0.05, 0.1) is 0 Å². The van der Waals surface area contributed by atoms with Crippen LogP contribution in [0.25, 0.3) is 0 Å². The van der Waals surface area contributed by atoms with Gasteiger partial charge in [0.1, 0.15) is 0 Å². The van der Waals surface area contributed by atoms with Crippen LogP contribution >= 0.6 is 0 Å². The summed E-state index contributed by atoms with van der Waals surface area (Å²) in [6, 6.07) is -0.115. The van der Waals surface area contributed by atoms with Gasteiger partial charge in [-0.1, -0.05) is 0 Å². The predicted octanol–water partition coefficient (Wildman–Crippen LogP) is 0.979. The Hall–Kier alpha value is -0.980. The Morgan fingerprint density at radius 1 is 1.60 bits per heavy atom. The third kappa shape index (κ3) is 4.87. The zero-order chi connectivity index (χ0) is 11.5. The number of carbonyl (C=O) groups is 1. The number of nitrogens with one attached hydrogen (secondary N) is 1. The summed E-state index contributed by atoms with van der Waals surface area (Å²) >= 11 is 0. The van der Waals surface area contributed by atoms with Crippen molar-refractivity contribution in [3.63, 3.8) is 0 Å². The highest BCUT2D eigenvalue weighted by molar-refractivity contribution is 5.67. The van der Waals surface area contributed by atoms with Gasteiger partial charge >= 0.3 is 12.3 Å². The van der Waals surface area contributed by atoms with Crippen LogP contribution in [-0.4, -0.2) is 50.0 Å². The van der Waals surface area contributed by atoms with Crippen LogP contribution in [0.4, 0.5) is 18.0 Å². The molecule has 88 valence electrons. The Morgan fingerprint density at radius 2 is 2.27 bits per heavy atom. The number of rotatable bonds is 2. The molecule has 1 fully saturated rings. The lowest BCUT2D eigenvalue weighted by atomic mass is 10.3. The monoisotopic (exact) mass is 226 g/mol. The lowest BCUT2D eigenvalue weighted by Crippen LogP contribution is -2.38. The van der Waals surface area contributed by atoms with Crippen molar-refractivity contribution in [2.75, 3.05) is 26.7 Å². The summed E-state index contributed by atoms with van der Waals surface area (Å²) in [5.41, 5.74) is 0. The molecule has 1 saturated heterocycles. The standard InChI is InChI=1S/C8H13F3N2O2/c1-13-3-2-6(4-13)12-7(14)15-5-8(9,10)11/h6H,2-5H2,1H3,(H,12,14). The van der Waals surface area contributed by atoms with Crippen LogP contribution in [0.15, 0.2) is 0 Å². The van der Waals surface area contributed by atoms with Crippen molar-refractivity contribution in [2.45, 2.75) is 18.6 Å². The number of amides is 1. The van der Waals surface area contributed by atoms with Crippen molar-refractivity contribution in [3.05, 3.63) is 0 Å². The second-order valence-electron chi connectivity index (χ2n) is 3.58. The second kappa shape index (κ2) is 4.69.